The number of likely N-dealkylation sites (tertiary alicyclic amines) is 1. The second-order valence-electron chi connectivity index (χ2n) is 5.60. The van der Waals surface area contributed by atoms with Crippen molar-refractivity contribution < 1.29 is 4.84 Å². The Kier molecular flexibility index (Phi) is 3.64. The van der Waals surface area contributed by atoms with Gasteiger partial charge < -0.3 is 0 Å². The van der Waals surface area contributed by atoms with E-state index in [1.165, 1.54) is 24.8 Å². The number of nitrogens with zero attached hydrogens (tertiary/aromatic N) is 1. The molecule has 1 aromatic rings. The minimum Gasteiger partial charge on any atom is -0.297 e. The first-order valence-corrected chi connectivity index (χ1v) is 7.00. The van der Waals surface area contributed by atoms with Gasteiger partial charge in [0.1, 0.15) is 0 Å². The molecular weight excluding hydrogens is 224 g/mol. The van der Waals surface area contributed by atoms with Crippen LogP contribution in [0.4, 0.5) is 0 Å². The Labute approximate surface area is 109 Å². The van der Waals surface area contributed by atoms with Gasteiger partial charge in [0.15, 0.2) is 0 Å². The van der Waals surface area contributed by atoms with E-state index in [-0.39, 0.29) is 0 Å². The van der Waals surface area contributed by atoms with Crippen molar-refractivity contribution in [2.24, 2.45) is 0 Å². The van der Waals surface area contributed by atoms with E-state index in [0.29, 0.717) is 18.7 Å². The van der Waals surface area contributed by atoms with Crippen molar-refractivity contribution in [1.82, 2.24) is 10.4 Å². The van der Waals surface area contributed by atoms with Gasteiger partial charge in [0.25, 0.3) is 0 Å². The van der Waals surface area contributed by atoms with Crippen LogP contribution in [-0.4, -0.2) is 29.6 Å². The maximum absolute atomic E-state index is 5.62. The van der Waals surface area contributed by atoms with Crippen molar-refractivity contribution in [2.75, 3.05) is 6.54 Å². The maximum atomic E-state index is 5.62. The summed E-state index contributed by atoms with van der Waals surface area (Å²) in [6.45, 7) is 4.12. The number of nitrogens with one attached hydrogen (secondary N) is 1. The Balaban J connectivity index is 1.41. The largest absolute Gasteiger partial charge is 0.297 e. The fourth-order valence-electron chi connectivity index (χ4n) is 2.87. The van der Waals surface area contributed by atoms with E-state index in [9.17, 15) is 0 Å². The van der Waals surface area contributed by atoms with E-state index < -0.39 is 0 Å². The van der Waals surface area contributed by atoms with Crippen molar-refractivity contribution in [1.29, 1.82) is 0 Å². The lowest BCUT2D eigenvalue weighted by Gasteiger charge is -2.19. The summed E-state index contributed by atoms with van der Waals surface area (Å²) in [5, 5.41) is 0. The summed E-state index contributed by atoms with van der Waals surface area (Å²) >= 11 is 0. The Morgan fingerprint density at radius 1 is 1.28 bits per heavy atom. The molecule has 1 N–H and O–H groups in total. The molecular formula is C15H22N2O. The van der Waals surface area contributed by atoms with Crippen LogP contribution in [0.1, 0.15) is 31.7 Å². The quantitative estimate of drug-likeness (QED) is 0.807. The predicted octanol–water partition coefficient (Wildman–Crippen LogP) is 2.33. The second-order valence-corrected chi connectivity index (χ2v) is 5.60. The van der Waals surface area contributed by atoms with Crippen LogP contribution >= 0.6 is 0 Å². The molecule has 1 saturated heterocycles. The molecule has 2 fully saturated rings. The summed E-state index contributed by atoms with van der Waals surface area (Å²) in [6.07, 6.45) is 3.98. The smallest absolute Gasteiger partial charge is 0.0933 e. The molecule has 18 heavy (non-hydrogen) atoms. The van der Waals surface area contributed by atoms with Crippen molar-refractivity contribution in [3.05, 3.63) is 35.9 Å². The molecule has 3 heteroatoms. The summed E-state index contributed by atoms with van der Waals surface area (Å²) in [7, 11) is 0. The Hall–Kier alpha value is -0.900. The molecule has 0 radical (unpaired) electrons. The Morgan fingerprint density at radius 3 is 2.78 bits per heavy atom. The third kappa shape index (κ3) is 2.91. The summed E-state index contributed by atoms with van der Waals surface area (Å²) < 4.78 is 0. The van der Waals surface area contributed by atoms with E-state index in [0.717, 1.165) is 12.6 Å². The number of rotatable bonds is 5. The summed E-state index contributed by atoms with van der Waals surface area (Å²) in [6, 6.07) is 12.4. The molecule has 0 aromatic heterocycles. The highest BCUT2D eigenvalue weighted by molar-refractivity contribution is 5.13. The SMILES string of the molecule is CC1CC(NOCc2ccccc2)CN1C1CC1. The zero-order valence-electron chi connectivity index (χ0n) is 11.0. The number of hydrogen-bond acceptors (Lipinski definition) is 3. The van der Waals surface area contributed by atoms with E-state index in [1.807, 2.05) is 18.2 Å². The number of benzene rings is 1. The topological polar surface area (TPSA) is 24.5 Å². The van der Waals surface area contributed by atoms with Crippen molar-refractivity contribution in [2.45, 2.75) is 50.9 Å². The van der Waals surface area contributed by atoms with Crippen LogP contribution in [0.3, 0.4) is 0 Å². The molecule has 3 nitrogen and oxygen atoms in total. The van der Waals surface area contributed by atoms with Crippen LogP contribution in [0.15, 0.2) is 30.3 Å². The van der Waals surface area contributed by atoms with Gasteiger partial charge in [-0.25, -0.2) is 0 Å². The van der Waals surface area contributed by atoms with Crippen LogP contribution in [0.2, 0.25) is 0 Å². The van der Waals surface area contributed by atoms with Gasteiger partial charge in [0.05, 0.1) is 6.61 Å². The average Bonchev–Trinajstić information content (AvgIpc) is 3.15. The van der Waals surface area contributed by atoms with Gasteiger partial charge in [-0.15, -0.1) is 0 Å². The van der Waals surface area contributed by atoms with Gasteiger partial charge >= 0.3 is 0 Å². The molecule has 0 amide bonds. The van der Waals surface area contributed by atoms with Crippen LogP contribution in [0, 0.1) is 0 Å². The molecule has 1 aromatic carbocycles. The summed E-state index contributed by atoms with van der Waals surface area (Å²) in [4.78, 5) is 8.25. The fourth-order valence-corrected chi connectivity index (χ4v) is 2.87. The third-order valence-corrected chi connectivity index (χ3v) is 3.97. The minimum absolute atomic E-state index is 0.490. The summed E-state index contributed by atoms with van der Waals surface area (Å²) in [5.41, 5.74) is 4.45. The molecule has 3 rings (SSSR count). The lowest BCUT2D eigenvalue weighted by Crippen LogP contribution is -2.34. The molecule has 1 heterocycles. The van der Waals surface area contributed by atoms with Gasteiger partial charge in [-0.2, -0.15) is 5.48 Å². The van der Waals surface area contributed by atoms with Gasteiger partial charge in [0.2, 0.25) is 0 Å². The minimum atomic E-state index is 0.490. The predicted molar refractivity (Wildman–Crippen MR) is 72.0 cm³/mol. The molecule has 1 aliphatic heterocycles. The molecule has 2 unspecified atom stereocenters. The molecule has 1 saturated carbocycles. The number of hydroxylamine groups is 1. The first-order chi connectivity index (χ1) is 8.83. The van der Waals surface area contributed by atoms with Crippen molar-refractivity contribution in [3.8, 4) is 0 Å². The van der Waals surface area contributed by atoms with Crippen molar-refractivity contribution in [3.63, 3.8) is 0 Å². The summed E-state index contributed by atoms with van der Waals surface area (Å²) in [5.74, 6) is 0. The molecule has 98 valence electrons. The van der Waals surface area contributed by atoms with Crippen LogP contribution in [0.25, 0.3) is 0 Å². The van der Waals surface area contributed by atoms with Gasteiger partial charge in [-0.3, -0.25) is 9.74 Å². The van der Waals surface area contributed by atoms with E-state index in [1.54, 1.807) is 0 Å². The van der Waals surface area contributed by atoms with E-state index in [2.05, 4.69) is 29.4 Å². The van der Waals surface area contributed by atoms with Gasteiger partial charge in [-0.1, -0.05) is 30.3 Å². The zero-order chi connectivity index (χ0) is 12.4. The van der Waals surface area contributed by atoms with E-state index in [4.69, 9.17) is 4.84 Å². The first-order valence-electron chi connectivity index (χ1n) is 7.00. The highest BCUT2D eigenvalue weighted by Crippen LogP contribution is 2.33. The number of hydrogen-bond donors (Lipinski definition) is 1. The molecule has 2 atom stereocenters. The van der Waals surface area contributed by atoms with Gasteiger partial charge in [-0.05, 0) is 31.7 Å². The molecule has 0 bridgehead atoms. The molecule has 1 aliphatic carbocycles. The average molecular weight is 246 g/mol. The van der Waals surface area contributed by atoms with Crippen LogP contribution in [0.5, 0.6) is 0 Å². The highest BCUT2D eigenvalue weighted by atomic mass is 16.6. The fraction of sp³-hybridized carbons (Fsp3) is 0.600. The lowest BCUT2D eigenvalue weighted by atomic mass is 10.2. The molecule has 0 spiro atoms. The normalized spacial score (nSPS) is 28.7. The Bertz CT molecular complexity index is 377. The van der Waals surface area contributed by atoms with Crippen molar-refractivity contribution >= 4 is 0 Å². The standard InChI is InChI=1S/C15H22N2O/c1-12-9-14(10-17(12)15-7-8-15)16-18-11-13-5-3-2-4-6-13/h2-6,12,14-16H,7-11H2,1H3. The lowest BCUT2D eigenvalue weighted by molar-refractivity contribution is 0.00553. The van der Waals surface area contributed by atoms with Gasteiger partial charge in [0, 0.05) is 24.7 Å². The molecule has 2 aliphatic rings. The third-order valence-electron chi connectivity index (χ3n) is 3.97. The maximum Gasteiger partial charge on any atom is 0.0933 e. The zero-order valence-corrected chi connectivity index (χ0v) is 11.0. The highest BCUT2D eigenvalue weighted by Gasteiger charge is 2.38. The monoisotopic (exact) mass is 246 g/mol. The second kappa shape index (κ2) is 5.39. The Morgan fingerprint density at radius 2 is 2.06 bits per heavy atom. The van der Waals surface area contributed by atoms with Crippen LogP contribution < -0.4 is 5.48 Å². The van der Waals surface area contributed by atoms with E-state index >= 15 is 0 Å². The first kappa shape index (κ1) is 12.2. The van der Waals surface area contributed by atoms with Crippen LogP contribution in [-0.2, 0) is 11.4 Å².